The number of rotatable bonds is 3. The smallest absolute Gasteiger partial charge is 0.258 e. The molecule has 5 nitrogen and oxygen atoms in total. The van der Waals surface area contributed by atoms with E-state index in [4.69, 9.17) is 9.47 Å². The van der Waals surface area contributed by atoms with Crippen molar-refractivity contribution in [2.75, 3.05) is 14.2 Å². The number of nitrogens with zero attached hydrogens (tertiary/aromatic N) is 2. The van der Waals surface area contributed by atoms with Crippen LogP contribution < -0.4 is 15.0 Å². The van der Waals surface area contributed by atoms with E-state index in [0.29, 0.717) is 16.5 Å². The van der Waals surface area contributed by atoms with Gasteiger partial charge in [-0.05, 0) is 24.3 Å². The zero-order valence-corrected chi connectivity index (χ0v) is 14.0. The third-order valence-corrected chi connectivity index (χ3v) is 4.89. The van der Waals surface area contributed by atoms with E-state index in [-0.39, 0.29) is 5.56 Å². The van der Waals surface area contributed by atoms with Gasteiger partial charge in [-0.25, -0.2) is 4.98 Å². The summed E-state index contributed by atoms with van der Waals surface area (Å²) >= 11 is 1.45. The fourth-order valence-electron chi connectivity index (χ4n) is 2.72. The maximum Gasteiger partial charge on any atom is 0.258 e. The van der Waals surface area contributed by atoms with E-state index in [1.165, 1.54) is 11.3 Å². The van der Waals surface area contributed by atoms with Crippen molar-refractivity contribution < 1.29 is 9.47 Å². The lowest BCUT2D eigenvalue weighted by molar-refractivity contribution is 0.395. The molecule has 0 saturated heterocycles. The minimum absolute atomic E-state index is 0.106. The van der Waals surface area contributed by atoms with Crippen LogP contribution in [0.25, 0.3) is 26.4 Å². The normalized spacial score (nSPS) is 11.1. The van der Waals surface area contributed by atoms with Crippen LogP contribution in [0.2, 0.25) is 0 Å². The minimum Gasteiger partial charge on any atom is -0.497 e. The van der Waals surface area contributed by atoms with Gasteiger partial charge < -0.3 is 9.47 Å². The highest BCUT2D eigenvalue weighted by molar-refractivity contribution is 7.20. The van der Waals surface area contributed by atoms with Gasteiger partial charge in [0, 0.05) is 22.6 Å². The summed E-state index contributed by atoms with van der Waals surface area (Å²) in [5.41, 5.74) is 2.37. The first-order valence-electron chi connectivity index (χ1n) is 7.35. The van der Waals surface area contributed by atoms with Gasteiger partial charge in [0.25, 0.3) is 5.56 Å². The highest BCUT2D eigenvalue weighted by Crippen LogP contribution is 2.36. The predicted octanol–water partition coefficient (Wildman–Crippen LogP) is 3.59. The molecule has 0 bridgehead atoms. The summed E-state index contributed by atoms with van der Waals surface area (Å²) in [6.07, 6.45) is 0. The highest BCUT2D eigenvalue weighted by Gasteiger charge is 2.13. The van der Waals surface area contributed by atoms with Gasteiger partial charge in [0.05, 0.1) is 25.3 Å². The van der Waals surface area contributed by atoms with Gasteiger partial charge in [0.15, 0.2) is 4.96 Å². The first-order chi connectivity index (χ1) is 11.7. The average Bonchev–Trinajstić information content (AvgIpc) is 2.99. The van der Waals surface area contributed by atoms with E-state index in [0.717, 1.165) is 21.5 Å². The second-order valence-corrected chi connectivity index (χ2v) is 6.24. The first-order valence-corrected chi connectivity index (χ1v) is 8.16. The van der Waals surface area contributed by atoms with E-state index < -0.39 is 0 Å². The third-order valence-electron chi connectivity index (χ3n) is 3.88. The molecule has 2 heterocycles. The number of hydrogen-bond acceptors (Lipinski definition) is 5. The molecule has 4 rings (SSSR count). The van der Waals surface area contributed by atoms with Crippen LogP contribution in [-0.4, -0.2) is 23.6 Å². The maximum absolute atomic E-state index is 12.6. The monoisotopic (exact) mass is 338 g/mol. The summed E-state index contributed by atoms with van der Waals surface area (Å²) in [5, 5.41) is 0. The lowest BCUT2D eigenvalue weighted by Crippen LogP contribution is -2.10. The van der Waals surface area contributed by atoms with E-state index in [2.05, 4.69) is 4.98 Å². The predicted molar refractivity (Wildman–Crippen MR) is 95.4 cm³/mol. The van der Waals surface area contributed by atoms with Crippen LogP contribution in [0.15, 0.2) is 53.3 Å². The molecule has 6 heteroatoms. The minimum atomic E-state index is -0.106. The van der Waals surface area contributed by atoms with Crippen molar-refractivity contribution in [2.24, 2.45) is 0 Å². The Morgan fingerprint density at radius 2 is 1.88 bits per heavy atom. The molecule has 0 amide bonds. The van der Waals surface area contributed by atoms with Crippen molar-refractivity contribution in [2.45, 2.75) is 0 Å². The maximum atomic E-state index is 12.6. The highest BCUT2D eigenvalue weighted by atomic mass is 32.1. The Balaban J connectivity index is 1.98. The Morgan fingerprint density at radius 3 is 2.67 bits per heavy atom. The fraction of sp³-hybridized carbons (Fsp3) is 0.111. The number of para-hydroxylation sites is 2. The molecular weight excluding hydrogens is 324 g/mol. The van der Waals surface area contributed by atoms with Crippen molar-refractivity contribution in [3.05, 3.63) is 58.9 Å². The molecule has 0 unspecified atom stereocenters. The quantitative estimate of drug-likeness (QED) is 0.573. The van der Waals surface area contributed by atoms with Crippen molar-refractivity contribution in [3.8, 4) is 21.9 Å². The molecule has 0 spiro atoms. The second kappa shape index (κ2) is 5.65. The van der Waals surface area contributed by atoms with Gasteiger partial charge in [-0.3, -0.25) is 9.20 Å². The van der Waals surface area contributed by atoms with Crippen LogP contribution in [0, 0.1) is 0 Å². The van der Waals surface area contributed by atoms with Gasteiger partial charge in [-0.2, -0.15) is 0 Å². The van der Waals surface area contributed by atoms with Crippen molar-refractivity contribution in [3.63, 3.8) is 0 Å². The molecule has 4 aromatic rings. The number of imidazole rings is 1. The van der Waals surface area contributed by atoms with Crippen LogP contribution >= 0.6 is 11.3 Å². The summed E-state index contributed by atoms with van der Waals surface area (Å²) in [4.78, 5) is 18.7. The number of methoxy groups -OCH3 is 2. The number of fused-ring (bicyclic) bond motifs is 3. The Hall–Kier alpha value is -2.86. The molecule has 120 valence electrons. The van der Waals surface area contributed by atoms with Gasteiger partial charge in [-0.1, -0.05) is 23.5 Å². The molecule has 0 fully saturated rings. The van der Waals surface area contributed by atoms with E-state index in [9.17, 15) is 4.79 Å². The van der Waals surface area contributed by atoms with Crippen molar-refractivity contribution in [1.82, 2.24) is 9.38 Å². The summed E-state index contributed by atoms with van der Waals surface area (Å²) in [5.74, 6) is 1.36. The Kier molecular flexibility index (Phi) is 3.46. The van der Waals surface area contributed by atoms with Crippen LogP contribution in [-0.2, 0) is 0 Å². The number of hydrogen-bond donors (Lipinski definition) is 0. The third kappa shape index (κ3) is 2.23. The molecule has 0 atom stereocenters. The van der Waals surface area contributed by atoms with Crippen molar-refractivity contribution in [1.29, 1.82) is 0 Å². The Morgan fingerprint density at radius 1 is 1.04 bits per heavy atom. The summed E-state index contributed by atoms with van der Waals surface area (Å²) in [6.45, 7) is 0. The molecule has 2 aromatic carbocycles. The molecule has 24 heavy (non-hydrogen) atoms. The van der Waals surface area contributed by atoms with Gasteiger partial charge in [0.2, 0.25) is 0 Å². The van der Waals surface area contributed by atoms with Crippen LogP contribution in [0.5, 0.6) is 11.5 Å². The molecule has 0 aliphatic rings. The molecular formula is C18H14N2O3S. The van der Waals surface area contributed by atoms with Crippen LogP contribution in [0.1, 0.15) is 0 Å². The zero-order chi connectivity index (χ0) is 16.7. The summed E-state index contributed by atoms with van der Waals surface area (Å²) in [7, 11) is 3.21. The van der Waals surface area contributed by atoms with E-state index in [1.54, 1.807) is 30.8 Å². The lowest BCUT2D eigenvalue weighted by atomic mass is 10.1. The van der Waals surface area contributed by atoms with Gasteiger partial charge >= 0.3 is 0 Å². The molecule has 0 radical (unpaired) electrons. The fourth-order valence-corrected chi connectivity index (χ4v) is 3.78. The summed E-state index contributed by atoms with van der Waals surface area (Å²) in [6, 6.07) is 14.8. The first kappa shape index (κ1) is 14.7. The standard InChI is InChI=1S/C18H14N2O3S/c1-22-11-7-8-12(15(9-11)23-2)16-10-17(21)20-14-6-4-3-5-13(14)19-18(20)24-16/h3-10H,1-2H3. The zero-order valence-electron chi connectivity index (χ0n) is 13.1. The molecule has 0 saturated carbocycles. The summed E-state index contributed by atoms with van der Waals surface area (Å²) < 4.78 is 12.3. The lowest BCUT2D eigenvalue weighted by Gasteiger charge is -2.10. The molecule has 0 aliphatic heterocycles. The van der Waals surface area contributed by atoms with Crippen LogP contribution in [0.4, 0.5) is 0 Å². The van der Waals surface area contributed by atoms with Gasteiger partial charge in [-0.15, -0.1) is 0 Å². The Labute approximate surface area is 141 Å². The van der Waals surface area contributed by atoms with Crippen molar-refractivity contribution >= 4 is 27.3 Å². The Bertz CT molecular complexity index is 1110. The molecule has 2 aromatic heterocycles. The molecule has 0 aliphatic carbocycles. The number of ether oxygens (including phenoxy) is 2. The largest absolute Gasteiger partial charge is 0.497 e. The molecule has 0 N–H and O–H groups in total. The SMILES string of the molecule is COc1ccc(-c2cc(=O)n3c(nc4ccccc43)s2)c(OC)c1. The van der Waals surface area contributed by atoms with Gasteiger partial charge in [0.1, 0.15) is 11.5 Å². The number of aromatic nitrogens is 2. The topological polar surface area (TPSA) is 52.8 Å². The second-order valence-electron chi connectivity index (χ2n) is 5.23. The van der Waals surface area contributed by atoms with E-state index >= 15 is 0 Å². The van der Waals surface area contributed by atoms with Crippen LogP contribution in [0.3, 0.4) is 0 Å². The average molecular weight is 338 g/mol. The van der Waals surface area contributed by atoms with E-state index in [1.807, 2.05) is 36.4 Å². The number of benzene rings is 2.